The highest BCUT2D eigenvalue weighted by atomic mass is 19.4. The van der Waals surface area contributed by atoms with Crippen LogP contribution >= 0.6 is 0 Å². The Kier molecular flexibility index (Phi) is 5.27. The second kappa shape index (κ2) is 7.51. The SMILES string of the molecule is Fc1ccc(C2C3OCCN2CC(c2cc(C(F)(F)F)cc(C(F)(F)F)c2)O3)cc1. The molecule has 0 aromatic heterocycles. The van der Waals surface area contributed by atoms with Crippen LogP contribution in [0.5, 0.6) is 0 Å². The molecule has 0 saturated carbocycles. The van der Waals surface area contributed by atoms with Crippen LogP contribution in [0.2, 0.25) is 0 Å². The van der Waals surface area contributed by atoms with Gasteiger partial charge in [0.05, 0.1) is 29.9 Å². The molecule has 0 amide bonds. The molecule has 2 aromatic carbocycles. The first-order valence-corrected chi connectivity index (χ1v) is 9.08. The molecule has 2 aromatic rings. The van der Waals surface area contributed by atoms with Crippen molar-refractivity contribution in [3.05, 3.63) is 70.5 Å². The normalized spacial score (nSPS) is 27.2. The summed E-state index contributed by atoms with van der Waals surface area (Å²) in [6.07, 6.45) is -11.8. The van der Waals surface area contributed by atoms with Crippen LogP contribution in [-0.2, 0) is 21.8 Å². The molecule has 4 atom stereocenters. The Morgan fingerprint density at radius 1 is 0.833 bits per heavy atom. The maximum atomic E-state index is 13.2. The van der Waals surface area contributed by atoms with Crippen LogP contribution in [0.1, 0.15) is 34.4 Å². The van der Waals surface area contributed by atoms with Crippen molar-refractivity contribution in [1.82, 2.24) is 4.90 Å². The van der Waals surface area contributed by atoms with E-state index in [0.717, 1.165) is 0 Å². The van der Waals surface area contributed by atoms with E-state index in [1.54, 1.807) is 12.1 Å². The predicted molar refractivity (Wildman–Crippen MR) is 90.7 cm³/mol. The van der Waals surface area contributed by atoms with Gasteiger partial charge in [-0.05, 0) is 41.5 Å². The van der Waals surface area contributed by atoms with Gasteiger partial charge in [0.25, 0.3) is 0 Å². The largest absolute Gasteiger partial charge is 0.416 e. The van der Waals surface area contributed by atoms with Crippen molar-refractivity contribution in [2.24, 2.45) is 0 Å². The molecule has 0 spiro atoms. The lowest BCUT2D eigenvalue weighted by molar-refractivity contribution is -0.270. The summed E-state index contributed by atoms with van der Waals surface area (Å²) in [5.41, 5.74) is -2.33. The Morgan fingerprint density at radius 2 is 1.43 bits per heavy atom. The Balaban J connectivity index is 1.67. The fraction of sp³-hybridized carbons (Fsp3) is 0.400. The van der Waals surface area contributed by atoms with Gasteiger partial charge in [0, 0.05) is 13.1 Å². The molecule has 2 fully saturated rings. The van der Waals surface area contributed by atoms with E-state index in [2.05, 4.69) is 0 Å². The Bertz CT molecular complexity index is 865. The van der Waals surface area contributed by atoms with Crippen molar-refractivity contribution in [3.63, 3.8) is 0 Å². The molecule has 4 rings (SSSR count). The minimum atomic E-state index is -4.94. The van der Waals surface area contributed by atoms with Gasteiger partial charge < -0.3 is 9.47 Å². The number of alkyl halides is 6. The molecule has 0 N–H and O–H groups in total. The highest BCUT2D eigenvalue weighted by Gasteiger charge is 2.43. The van der Waals surface area contributed by atoms with Crippen molar-refractivity contribution in [2.75, 3.05) is 19.7 Å². The van der Waals surface area contributed by atoms with Gasteiger partial charge in [-0.1, -0.05) is 12.1 Å². The molecule has 2 bridgehead atoms. The third kappa shape index (κ3) is 4.17. The summed E-state index contributed by atoms with van der Waals surface area (Å²) in [5.74, 6) is -0.432. The summed E-state index contributed by atoms with van der Waals surface area (Å²) in [6.45, 7) is 0.773. The van der Waals surface area contributed by atoms with Crippen molar-refractivity contribution in [3.8, 4) is 0 Å². The Labute approximate surface area is 167 Å². The summed E-state index contributed by atoms with van der Waals surface area (Å²) in [7, 11) is 0. The van der Waals surface area contributed by atoms with Gasteiger partial charge in [0.1, 0.15) is 5.82 Å². The summed E-state index contributed by atoms with van der Waals surface area (Å²) in [5, 5.41) is 0. The van der Waals surface area contributed by atoms with Crippen molar-refractivity contribution < 1.29 is 40.2 Å². The van der Waals surface area contributed by atoms with E-state index in [1.807, 2.05) is 4.90 Å². The summed E-state index contributed by atoms with van der Waals surface area (Å²) in [4.78, 5) is 1.86. The highest BCUT2D eigenvalue weighted by Crippen LogP contribution is 2.42. The average molecular weight is 435 g/mol. The zero-order valence-corrected chi connectivity index (χ0v) is 15.3. The predicted octanol–water partition coefficient (Wildman–Crippen LogP) is 5.33. The van der Waals surface area contributed by atoms with Crippen LogP contribution < -0.4 is 0 Å². The minimum absolute atomic E-state index is 0.0700. The Morgan fingerprint density at radius 3 is 1.97 bits per heavy atom. The minimum Gasteiger partial charge on any atom is -0.349 e. The third-order valence-electron chi connectivity index (χ3n) is 5.20. The first-order chi connectivity index (χ1) is 14.0. The smallest absolute Gasteiger partial charge is 0.349 e. The van der Waals surface area contributed by atoms with Crippen LogP contribution in [0.15, 0.2) is 42.5 Å². The molecule has 162 valence electrons. The van der Waals surface area contributed by atoms with E-state index >= 15 is 0 Å². The lowest BCUT2D eigenvalue weighted by Gasteiger charge is -2.48. The summed E-state index contributed by atoms with van der Waals surface area (Å²) >= 11 is 0. The molecule has 0 radical (unpaired) electrons. The molecule has 10 heteroatoms. The highest BCUT2D eigenvalue weighted by molar-refractivity contribution is 5.35. The van der Waals surface area contributed by atoms with Gasteiger partial charge in [0.15, 0.2) is 6.29 Å². The van der Waals surface area contributed by atoms with Crippen molar-refractivity contribution in [2.45, 2.75) is 30.8 Å². The van der Waals surface area contributed by atoms with E-state index in [9.17, 15) is 30.7 Å². The molecule has 2 aliphatic rings. The topological polar surface area (TPSA) is 21.7 Å². The number of hydrogen-bond donors (Lipinski definition) is 0. The monoisotopic (exact) mass is 435 g/mol. The molecule has 2 heterocycles. The number of hydrogen-bond acceptors (Lipinski definition) is 3. The van der Waals surface area contributed by atoms with E-state index in [1.165, 1.54) is 12.1 Å². The number of halogens is 7. The van der Waals surface area contributed by atoms with Gasteiger partial charge in [-0.2, -0.15) is 26.3 Å². The van der Waals surface area contributed by atoms with Crippen LogP contribution in [0.25, 0.3) is 0 Å². The summed E-state index contributed by atoms with van der Waals surface area (Å²) < 4.78 is 104. The molecule has 2 saturated heterocycles. The Hall–Kier alpha value is -2.17. The number of fused-ring (bicyclic) bond motifs is 2. The molecule has 0 aliphatic carbocycles. The lowest BCUT2D eigenvalue weighted by Crippen LogP contribution is -2.53. The number of nitrogens with zero attached hydrogens (tertiary/aromatic N) is 1. The molecule has 30 heavy (non-hydrogen) atoms. The molecular weight excluding hydrogens is 419 g/mol. The van der Waals surface area contributed by atoms with Gasteiger partial charge >= 0.3 is 12.4 Å². The molecule has 3 nitrogen and oxygen atoms in total. The fourth-order valence-electron chi connectivity index (χ4n) is 3.80. The van der Waals surface area contributed by atoms with Crippen molar-refractivity contribution >= 4 is 0 Å². The van der Waals surface area contributed by atoms with Gasteiger partial charge in [0.2, 0.25) is 0 Å². The zero-order valence-electron chi connectivity index (χ0n) is 15.3. The van der Waals surface area contributed by atoms with Crippen LogP contribution in [0.4, 0.5) is 30.7 Å². The molecule has 2 aliphatic heterocycles. The zero-order chi connectivity index (χ0) is 21.7. The van der Waals surface area contributed by atoms with Crippen molar-refractivity contribution in [1.29, 1.82) is 0 Å². The van der Waals surface area contributed by atoms with E-state index in [0.29, 0.717) is 30.8 Å². The third-order valence-corrected chi connectivity index (χ3v) is 5.20. The first-order valence-electron chi connectivity index (χ1n) is 9.08. The summed E-state index contributed by atoms with van der Waals surface area (Å²) in [6, 6.07) is 6.62. The standard InChI is InChI=1S/C20H16F7NO2/c21-15-3-1-11(2-4-15)17-18-29-6-5-28(17)10-16(30-18)12-7-13(19(22,23)24)9-14(8-12)20(25,26)27/h1-4,7-9,16-18H,5-6,10H2. The number of ether oxygens (including phenoxy) is 2. The number of morpholine rings is 2. The fourth-order valence-corrected chi connectivity index (χ4v) is 3.80. The van der Waals surface area contributed by atoms with E-state index < -0.39 is 47.7 Å². The molecule has 4 unspecified atom stereocenters. The van der Waals surface area contributed by atoms with Gasteiger partial charge in [-0.15, -0.1) is 0 Å². The number of rotatable bonds is 2. The first kappa shape index (κ1) is 21.1. The molecular formula is C20H16F7NO2. The second-order valence-electron chi connectivity index (χ2n) is 7.19. The van der Waals surface area contributed by atoms with E-state index in [4.69, 9.17) is 9.47 Å². The van der Waals surface area contributed by atoms with E-state index in [-0.39, 0.29) is 18.2 Å². The maximum Gasteiger partial charge on any atom is 0.416 e. The lowest BCUT2D eigenvalue weighted by atomic mass is 9.96. The van der Waals surface area contributed by atoms with Crippen LogP contribution in [0, 0.1) is 5.82 Å². The van der Waals surface area contributed by atoms with Crippen LogP contribution in [0.3, 0.4) is 0 Å². The van der Waals surface area contributed by atoms with Gasteiger partial charge in [-0.25, -0.2) is 4.39 Å². The van der Waals surface area contributed by atoms with Gasteiger partial charge in [-0.3, -0.25) is 4.90 Å². The number of benzene rings is 2. The second-order valence-corrected chi connectivity index (χ2v) is 7.19. The maximum absolute atomic E-state index is 13.2. The average Bonchev–Trinajstić information content (AvgIpc) is 2.66. The quantitative estimate of drug-likeness (QED) is 0.595. The van der Waals surface area contributed by atoms with Crippen LogP contribution in [-0.4, -0.2) is 30.9 Å².